The van der Waals surface area contributed by atoms with Crippen molar-refractivity contribution in [2.75, 3.05) is 5.75 Å². The first-order valence-electron chi connectivity index (χ1n) is 11.9. The summed E-state index contributed by atoms with van der Waals surface area (Å²) >= 11 is 1.31. The maximum atomic E-state index is 13.5. The van der Waals surface area contributed by atoms with E-state index < -0.39 is 24.2 Å². The quantitative estimate of drug-likeness (QED) is 0.332. The van der Waals surface area contributed by atoms with Crippen LogP contribution in [0.4, 0.5) is 0 Å². The molecule has 1 aliphatic rings. The second-order valence-corrected chi connectivity index (χ2v) is 10.1. The van der Waals surface area contributed by atoms with Crippen LogP contribution < -0.4 is 34.3 Å². The van der Waals surface area contributed by atoms with Crippen LogP contribution in [-0.4, -0.2) is 26.0 Å². The topological polar surface area (TPSA) is 96.5 Å². The van der Waals surface area contributed by atoms with Crippen LogP contribution in [0.5, 0.6) is 5.75 Å². The third-order valence-corrected chi connectivity index (χ3v) is 8.14. The van der Waals surface area contributed by atoms with E-state index >= 15 is 0 Å². The molecule has 3 heterocycles. The Hall–Kier alpha value is -3.41. The van der Waals surface area contributed by atoms with Gasteiger partial charge >= 0.3 is 18.9 Å². The Labute approximate surface area is 234 Å². The van der Waals surface area contributed by atoms with Crippen molar-refractivity contribution in [1.29, 1.82) is 0 Å². The van der Waals surface area contributed by atoms with Crippen molar-refractivity contribution in [2.45, 2.75) is 24.3 Å². The standard InChI is InChI=1S/C29H24N2O5S.Li/c1-30-13-20(19-10-4-5-11-23(19)30)26-22(15-36-25-12-6-8-17-7-2-3-9-18(17)25)21(14-32)27(33)31-24(29(34)35)16-37-28(26)31;/h2-13,24,32H,14-16H2,1H3,(H,34,35);/q;+1/p-1/t24-;/m0./s1. The van der Waals surface area contributed by atoms with Crippen LogP contribution in [0.15, 0.2) is 82.7 Å². The molecule has 0 amide bonds. The van der Waals surface area contributed by atoms with Gasteiger partial charge in [0.1, 0.15) is 12.4 Å². The third kappa shape index (κ3) is 4.14. The van der Waals surface area contributed by atoms with E-state index in [1.165, 1.54) is 16.3 Å². The summed E-state index contributed by atoms with van der Waals surface area (Å²) in [5.74, 6) is -0.485. The van der Waals surface area contributed by atoms with Gasteiger partial charge in [-0.3, -0.25) is 9.36 Å². The molecule has 0 saturated carbocycles. The van der Waals surface area contributed by atoms with Crippen LogP contribution in [-0.2, 0) is 25.1 Å². The Kier molecular flexibility index (Phi) is 7.17. The number of carbonyl (C=O) groups excluding carboxylic acids is 1. The average Bonchev–Trinajstić information content (AvgIpc) is 3.50. The van der Waals surface area contributed by atoms with Crippen molar-refractivity contribution in [3.8, 4) is 16.9 Å². The number of rotatable bonds is 6. The summed E-state index contributed by atoms with van der Waals surface area (Å²) in [5, 5.41) is 25.8. The number of ether oxygens (including phenoxy) is 1. The zero-order valence-electron chi connectivity index (χ0n) is 21.0. The number of aliphatic hydroxyl groups is 1. The number of hydrogen-bond acceptors (Lipinski definition) is 6. The molecule has 0 spiro atoms. The number of carbonyl (C=O) groups is 1. The third-order valence-electron chi connectivity index (χ3n) is 6.98. The van der Waals surface area contributed by atoms with Crippen molar-refractivity contribution < 1.29 is 38.6 Å². The van der Waals surface area contributed by atoms with Crippen LogP contribution >= 0.6 is 11.8 Å². The van der Waals surface area contributed by atoms with Gasteiger partial charge in [0.05, 0.1) is 29.2 Å². The van der Waals surface area contributed by atoms with Crippen LogP contribution in [0.2, 0.25) is 0 Å². The zero-order chi connectivity index (χ0) is 25.7. The minimum Gasteiger partial charge on any atom is -0.548 e. The first kappa shape index (κ1) is 26.2. The molecular formula is C29H23LiN2O5S. The van der Waals surface area contributed by atoms with E-state index in [1.807, 2.05) is 84.5 Å². The van der Waals surface area contributed by atoms with Crippen LogP contribution in [0, 0.1) is 0 Å². The number of benzene rings is 3. The molecule has 9 heteroatoms. The number of aliphatic hydroxyl groups excluding tert-OH is 1. The maximum Gasteiger partial charge on any atom is 1.00 e. The number of pyridine rings is 1. The van der Waals surface area contributed by atoms with Gasteiger partial charge in [0, 0.05) is 52.0 Å². The van der Waals surface area contributed by atoms with Gasteiger partial charge < -0.3 is 24.3 Å². The summed E-state index contributed by atoms with van der Waals surface area (Å²) in [6.45, 7) is -0.516. The minimum atomic E-state index is -1.32. The Morgan fingerprint density at radius 3 is 2.53 bits per heavy atom. The van der Waals surface area contributed by atoms with E-state index in [9.17, 15) is 19.8 Å². The number of carboxylic acid groups (broad SMARTS) is 1. The van der Waals surface area contributed by atoms with E-state index in [4.69, 9.17) is 4.74 Å². The fraction of sp³-hybridized carbons (Fsp3) is 0.172. The van der Waals surface area contributed by atoms with Gasteiger partial charge in [0.2, 0.25) is 0 Å². The number of para-hydroxylation sites is 1. The first-order valence-corrected chi connectivity index (χ1v) is 12.9. The molecule has 0 radical (unpaired) electrons. The van der Waals surface area contributed by atoms with Crippen molar-refractivity contribution in [3.05, 3.63) is 94.4 Å². The van der Waals surface area contributed by atoms with E-state index in [1.54, 1.807) is 0 Å². The van der Waals surface area contributed by atoms with E-state index in [0.717, 1.165) is 27.2 Å². The molecule has 1 aliphatic heterocycles. The molecule has 2 aromatic heterocycles. The first-order chi connectivity index (χ1) is 18.0. The molecule has 5 aromatic rings. The molecule has 0 unspecified atom stereocenters. The molecule has 186 valence electrons. The molecule has 1 atom stereocenters. The molecule has 7 nitrogen and oxygen atoms in total. The van der Waals surface area contributed by atoms with Crippen molar-refractivity contribution in [2.24, 2.45) is 7.05 Å². The normalized spacial score (nSPS) is 14.4. The van der Waals surface area contributed by atoms with Gasteiger partial charge in [0.15, 0.2) is 0 Å². The van der Waals surface area contributed by atoms with E-state index in [2.05, 4.69) is 0 Å². The van der Waals surface area contributed by atoms with Crippen molar-refractivity contribution in [1.82, 2.24) is 9.13 Å². The summed E-state index contributed by atoms with van der Waals surface area (Å²) in [7, 11) is 1.94. The van der Waals surface area contributed by atoms with Gasteiger partial charge in [-0.25, -0.2) is 0 Å². The number of fused-ring (bicyclic) bond motifs is 3. The van der Waals surface area contributed by atoms with Crippen molar-refractivity contribution in [3.63, 3.8) is 0 Å². The zero-order valence-corrected chi connectivity index (χ0v) is 21.8. The largest absolute Gasteiger partial charge is 1.00 e. The second-order valence-electron chi connectivity index (χ2n) is 9.05. The molecule has 1 N–H and O–H groups in total. The monoisotopic (exact) mass is 518 g/mol. The molecular weight excluding hydrogens is 495 g/mol. The van der Waals surface area contributed by atoms with Crippen molar-refractivity contribution >= 4 is 39.4 Å². The van der Waals surface area contributed by atoms with Gasteiger partial charge in [-0.15, -0.1) is 11.8 Å². The number of aliphatic carboxylic acids is 1. The van der Waals surface area contributed by atoms with Gasteiger partial charge in [-0.05, 0) is 17.5 Å². The second kappa shape index (κ2) is 10.4. The smallest absolute Gasteiger partial charge is 0.548 e. The predicted octanol–water partition coefficient (Wildman–Crippen LogP) is 0.632. The van der Waals surface area contributed by atoms with Gasteiger partial charge in [0.25, 0.3) is 5.56 Å². The molecule has 38 heavy (non-hydrogen) atoms. The number of carboxylic acids is 1. The number of hydrogen-bond donors (Lipinski definition) is 1. The Morgan fingerprint density at radius 2 is 1.76 bits per heavy atom. The number of thioether (sulfide) groups is 1. The van der Waals surface area contributed by atoms with Gasteiger partial charge in [-0.1, -0.05) is 54.6 Å². The summed E-state index contributed by atoms with van der Waals surface area (Å²) in [6.07, 6.45) is 1.97. The number of aryl methyl sites for hydroxylation is 1. The Morgan fingerprint density at radius 1 is 1.05 bits per heavy atom. The SMILES string of the molecule is Cn1cc(-c2c(COc3cccc4ccccc34)c(CO)c(=O)n3c2SC[C@H]3C(=O)[O-])c2ccccc21.[Li+]. The molecule has 0 aliphatic carbocycles. The van der Waals surface area contributed by atoms with Gasteiger partial charge in [-0.2, -0.15) is 0 Å². The number of nitrogens with zero attached hydrogens (tertiary/aromatic N) is 2. The summed E-state index contributed by atoms with van der Waals surface area (Å²) in [5.41, 5.74) is 2.69. The summed E-state index contributed by atoms with van der Waals surface area (Å²) in [4.78, 5) is 25.5. The molecule has 0 fully saturated rings. The molecule has 0 saturated heterocycles. The van der Waals surface area contributed by atoms with Crippen LogP contribution in [0.25, 0.3) is 32.8 Å². The molecule has 3 aromatic carbocycles. The molecule has 6 rings (SSSR count). The predicted molar refractivity (Wildman–Crippen MR) is 142 cm³/mol. The maximum absolute atomic E-state index is 13.5. The summed E-state index contributed by atoms with van der Waals surface area (Å²) < 4.78 is 9.58. The average molecular weight is 519 g/mol. The Balaban J connectivity index is 0.00000294. The summed E-state index contributed by atoms with van der Waals surface area (Å²) in [6, 6.07) is 20.4. The van der Waals surface area contributed by atoms with E-state index in [-0.39, 0.29) is 36.8 Å². The Bertz CT molecular complexity index is 1750. The van der Waals surface area contributed by atoms with Crippen LogP contribution in [0.1, 0.15) is 17.2 Å². The number of aromatic nitrogens is 2. The van der Waals surface area contributed by atoms with E-state index in [0.29, 0.717) is 21.9 Å². The van der Waals surface area contributed by atoms with Crippen LogP contribution in [0.3, 0.4) is 0 Å². The minimum absolute atomic E-state index is 0. The molecule has 0 bridgehead atoms. The fourth-order valence-corrected chi connectivity index (χ4v) is 6.54. The fourth-order valence-electron chi connectivity index (χ4n) is 5.21.